The highest BCUT2D eigenvalue weighted by atomic mass is 16.3. The van der Waals surface area contributed by atoms with Crippen LogP contribution < -0.4 is 5.73 Å². The first kappa shape index (κ1) is 14.3. The molecule has 2 amide bonds. The van der Waals surface area contributed by atoms with E-state index in [4.69, 9.17) is 5.73 Å². The number of hydrogen-bond acceptors (Lipinski definition) is 3. The predicted octanol–water partition coefficient (Wildman–Crippen LogP) is 0.624. The molecule has 1 heterocycles. The molecule has 0 aromatic heterocycles. The van der Waals surface area contributed by atoms with E-state index in [1.54, 1.807) is 4.90 Å². The Labute approximate surface area is 104 Å². The summed E-state index contributed by atoms with van der Waals surface area (Å²) in [6.07, 6.45) is 2.45. The minimum absolute atomic E-state index is 0.340. The molecule has 5 nitrogen and oxygen atoms in total. The van der Waals surface area contributed by atoms with Gasteiger partial charge in [-0.05, 0) is 19.3 Å². The van der Waals surface area contributed by atoms with Crippen LogP contribution in [0.25, 0.3) is 0 Å². The quantitative estimate of drug-likeness (QED) is 0.760. The summed E-state index contributed by atoms with van der Waals surface area (Å²) in [5.74, 6) is 0. The predicted molar refractivity (Wildman–Crippen MR) is 67.7 cm³/mol. The summed E-state index contributed by atoms with van der Waals surface area (Å²) in [6, 6.07) is -0.340. The van der Waals surface area contributed by atoms with Crippen molar-refractivity contribution in [2.75, 3.05) is 32.7 Å². The first-order valence-corrected chi connectivity index (χ1v) is 6.50. The molecule has 0 unspecified atom stereocenters. The lowest BCUT2D eigenvalue weighted by Crippen LogP contribution is -2.44. The molecule has 1 rings (SSSR count). The molecule has 100 valence electrons. The van der Waals surface area contributed by atoms with Crippen LogP contribution >= 0.6 is 0 Å². The van der Waals surface area contributed by atoms with E-state index in [2.05, 4.69) is 4.90 Å². The summed E-state index contributed by atoms with van der Waals surface area (Å²) < 4.78 is 0. The normalized spacial score (nSPS) is 19.1. The van der Waals surface area contributed by atoms with Crippen molar-refractivity contribution < 1.29 is 9.90 Å². The maximum absolute atomic E-state index is 11.1. The van der Waals surface area contributed by atoms with Gasteiger partial charge in [-0.25, -0.2) is 4.79 Å². The monoisotopic (exact) mass is 243 g/mol. The summed E-state index contributed by atoms with van der Waals surface area (Å²) in [5.41, 5.74) is 4.69. The number of carbonyl (C=O) groups excluding carboxylic acids is 1. The second-order valence-corrected chi connectivity index (χ2v) is 4.89. The van der Waals surface area contributed by atoms with Crippen LogP contribution in [0.2, 0.25) is 0 Å². The third-order valence-corrected chi connectivity index (χ3v) is 3.73. The topological polar surface area (TPSA) is 69.8 Å². The van der Waals surface area contributed by atoms with Gasteiger partial charge in [0, 0.05) is 32.7 Å². The molecule has 1 aliphatic heterocycles. The summed E-state index contributed by atoms with van der Waals surface area (Å²) in [7, 11) is 0. The zero-order chi connectivity index (χ0) is 12.9. The van der Waals surface area contributed by atoms with E-state index in [-0.39, 0.29) is 6.03 Å². The number of hydrogen-bond donors (Lipinski definition) is 2. The van der Waals surface area contributed by atoms with Crippen LogP contribution in [0.3, 0.4) is 0 Å². The largest absolute Gasteiger partial charge is 0.389 e. The maximum Gasteiger partial charge on any atom is 0.314 e. The Kier molecular flexibility index (Phi) is 5.21. The summed E-state index contributed by atoms with van der Waals surface area (Å²) in [4.78, 5) is 15.0. The second kappa shape index (κ2) is 6.21. The van der Waals surface area contributed by atoms with Gasteiger partial charge in [-0.3, -0.25) is 4.90 Å². The van der Waals surface area contributed by atoms with Gasteiger partial charge in [-0.1, -0.05) is 13.8 Å². The van der Waals surface area contributed by atoms with Crippen LogP contribution in [-0.2, 0) is 0 Å². The molecule has 3 N–H and O–H groups in total. The van der Waals surface area contributed by atoms with Gasteiger partial charge in [0.25, 0.3) is 0 Å². The number of carbonyl (C=O) groups is 1. The molecule has 0 aromatic rings. The van der Waals surface area contributed by atoms with Gasteiger partial charge in [0.15, 0.2) is 0 Å². The van der Waals surface area contributed by atoms with Crippen LogP contribution in [0.15, 0.2) is 0 Å². The summed E-state index contributed by atoms with van der Waals surface area (Å²) >= 11 is 0. The molecule has 0 radical (unpaired) electrons. The molecule has 0 atom stereocenters. The fourth-order valence-corrected chi connectivity index (χ4v) is 2.24. The Morgan fingerprint density at radius 1 is 1.24 bits per heavy atom. The van der Waals surface area contributed by atoms with Crippen LogP contribution in [0, 0.1) is 0 Å². The van der Waals surface area contributed by atoms with E-state index in [1.165, 1.54) is 0 Å². The zero-order valence-electron chi connectivity index (χ0n) is 11.0. The molecular formula is C12H25N3O2. The Hall–Kier alpha value is -0.810. The van der Waals surface area contributed by atoms with E-state index < -0.39 is 5.60 Å². The minimum atomic E-state index is -0.595. The Balaban J connectivity index is 2.49. The van der Waals surface area contributed by atoms with E-state index in [0.29, 0.717) is 13.1 Å². The second-order valence-electron chi connectivity index (χ2n) is 4.89. The van der Waals surface area contributed by atoms with E-state index in [1.807, 2.05) is 13.8 Å². The number of β-amino-alcohol motifs (C(OH)–C–C–N with tert-alkyl or cyclic N) is 1. The van der Waals surface area contributed by atoms with Gasteiger partial charge < -0.3 is 15.7 Å². The fraction of sp³-hybridized carbons (Fsp3) is 0.917. The smallest absolute Gasteiger partial charge is 0.314 e. The van der Waals surface area contributed by atoms with Crippen molar-refractivity contribution >= 4 is 6.03 Å². The highest BCUT2D eigenvalue weighted by molar-refractivity contribution is 5.71. The summed E-state index contributed by atoms with van der Waals surface area (Å²) in [6.45, 7) is 7.82. The molecular weight excluding hydrogens is 218 g/mol. The Morgan fingerprint density at radius 2 is 1.88 bits per heavy atom. The maximum atomic E-state index is 11.1. The number of nitrogens with two attached hydrogens (primary N) is 1. The van der Waals surface area contributed by atoms with Crippen molar-refractivity contribution in [3.63, 3.8) is 0 Å². The highest BCUT2D eigenvalue weighted by Crippen LogP contribution is 2.17. The van der Waals surface area contributed by atoms with Crippen LogP contribution in [-0.4, -0.2) is 59.3 Å². The first-order valence-electron chi connectivity index (χ1n) is 6.50. The highest BCUT2D eigenvalue weighted by Gasteiger charge is 2.27. The number of aliphatic hydroxyl groups is 1. The lowest BCUT2D eigenvalue weighted by molar-refractivity contribution is -0.00212. The van der Waals surface area contributed by atoms with Gasteiger partial charge in [-0.15, -0.1) is 0 Å². The van der Waals surface area contributed by atoms with Crippen LogP contribution in [0.5, 0.6) is 0 Å². The first-order chi connectivity index (χ1) is 8.00. The van der Waals surface area contributed by atoms with Crippen molar-refractivity contribution in [1.82, 2.24) is 9.80 Å². The Bertz CT molecular complexity index is 254. The number of primary amides is 1. The van der Waals surface area contributed by atoms with Crippen molar-refractivity contribution in [3.8, 4) is 0 Å². The molecule has 17 heavy (non-hydrogen) atoms. The van der Waals surface area contributed by atoms with Gasteiger partial charge in [0.2, 0.25) is 0 Å². The molecule has 0 aliphatic carbocycles. The van der Waals surface area contributed by atoms with Gasteiger partial charge in [0.1, 0.15) is 0 Å². The molecule has 5 heteroatoms. The van der Waals surface area contributed by atoms with Gasteiger partial charge in [-0.2, -0.15) is 0 Å². The third kappa shape index (κ3) is 4.16. The third-order valence-electron chi connectivity index (χ3n) is 3.73. The average molecular weight is 243 g/mol. The minimum Gasteiger partial charge on any atom is -0.389 e. The molecule has 0 bridgehead atoms. The number of rotatable bonds is 4. The average Bonchev–Trinajstić information content (AvgIpc) is 2.54. The zero-order valence-corrected chi connectivity index (χ0v) is 11.0. The standard InChI is InChI=1S/C12H25N3O2/c1-3-12(17,4-2)10-14-6-5-7-15(9-8-14)11(13)16/h17H,3-10H2,1-2H3,(H2,13,16). The molecule has 0 spiro atoms. The van der Waals surface area contributed by atoms with E-state index in [9.17, 15) is 9.90 Å². The molecule has 1 fully saturated rings. The van der Waals surface area contributed by atoms with Crippen LogP contribution in [0.4, 0.5) is 4.79 Å². The van der Waals surface area contributed by atoms with E-state index >= 15 is 0 Å². The summed E-state index contributed by atoms with van der Waals surface area (Å²) in [5, 5.41) is 10.3. The number of nitrogens with zero attached hydrogens (tertiary/aromatic N) is 2. The number of urea groups is 1. The molecule has 1 aliphatic rings. The van der Waals surface area contributed by atoms with Gasteiger partial charge >= 0.3 is 6.03 Å². The van der Waals surface area contributed by atoms with Crippen molar-refractivity contribution in [3.05, 3.63) is 0 Å². The molecule has 1 saturated heterocycles. The van der Waals surface area contributed by atoms with Gasteiger partial charge in [0.05, 0.1) is 5.60 Å². The SMILES string of the molecule is CCC(O)(CC)CN1CCCN(C(N)=O)CC1. The molecule has 0 saturated carbocycles. The lowest BCUT2D eigenvalue weighted by Gasteiger charge is -2.32. The lowest BCUT2D eigenvalue weighted by atomic mass is 9.97. The Morgan fingerprint density at radius 3 is 2.41 bits per heavy atom. The van der Waals surface area contributed by atoms with Crippen LogP contribution in [0.1, 0.15) is 33.1 Å². The fourth-order valence-electron chi connectivity index (χ4n) is 2.24. The van der Waals surface area contributed by atoms with Crippen molar-refractivity contribution in [2.24, 2.45) is 5.73 Å². The van der Waals surface area contributed by atoms with Crippen molar-refractivity contribution in [2.45, 2.75) is 38.7 Å². The number of amides is 2. The van der Waals surface area contributed by atoms with Crippen molar-refractivity contribution in [1.29, 1.82) is 0 Å². The van der Waals surface area contributed by atoms with E-state index in [0.717, 1.165) is 38.9 Å². The molecule has 0 aromatic carbocycles.